The molecule has 0 aliphatic carbocycles. The van der Waals surface area contributed by atoms with Crippen molar-refractivity contribution in [3.63, 3.8) is 0 Å². The lowest BCUT2D eigenvalue weighted by Gasteiger charge is -2.06. The third kappa shape index (κ3) is 3.74. The zero-order valence-electron chi connectivity index (χ0n) is 10.6. The van der Waals surface area contributed by atoms with E-state index in [-0.39, 0.29) is 5.91 Å². The van der Waals surface area contributed by atoms with Crippen LogP contribution in [-0.4, -0.2) is 27.4 Å². The van der Waals surface area contributed by atoms with Gasteiger partial charge in [-0.1, -0.05) is 6.92 Å². The van der Waals surface area contributed by atoms with Gasteiger partial charge in [-0.2, -0.15) is 0 Å². The second-order valence-electron chi connectivity index (χ2n) is 3.90. The molecule has 1 amide bonds. The molecule has 0 unspecified atom stereocenters. The highest BCUT2D eigenvalue weighted by Gasteiger charge is 2.06. The van der Waals surface area contributed by atoms with Gasteiger partial charge in [0.2, 0.25) is 0 Å². The van der Waals surface area contributed by atoms with Gasteiger partial charge in [-0.05, 0) is 18.6 Å². The molecule has 2 heterocycles. The largest absolute Gasteiger partial charge is 0.352 e. The fraction of sp³-hybridized carbons (Fsp3) is 0.231. The quantitative estimate of drug-likeness (QED) is 0.853. The Morgan fingerprint density at radius 2 is 2.05 bits per heavy atom. The van der Waals surface area contributed by atoms with Gasteiger partial charge in [0.1, 0.15) is 11.6 Å². The lowest BCUT2D eigenvalue weighted by Crippen LogP contribution is -2.24. The highest BCUT2D eigenvalue weighted by molar-refractivity contribution is 5.94. The van der Waals surface area contributed by atoms with Crippen molar-refractivity contribution in [1.29, 1.82) is 0 Å². The van der Waals surface area contributed by atoms with Crippen molar-refractivity contribution in [3.05, 3.63) is 42.5 Å². The lowest BCUT2D eigenvalue weighted by atomic mass is 10.2. The minimum atomic E-state index is -0.105. The maximum atomic E-state index is 11.8. The summed E-state index contributed by atoms with van der Waals surface area (Å²) < 4.78 is 0. The third-order valence-corrected chi connectivity index (χ3v) is 2.38. The fourth-order valence-corrected chi connectivity index (χ4v) is 1.48. The van der Waals surface area contributed by atoms with E-state index in [4.69, 9.17) is 0 Å². The minimum absolute atomic E-state index is 0.105. The van der Waals surface area contributed by atoms with Crippen molar-refractivity contribution in [1.82, 2.24) is 20.3 Å². The van der Waals surface area contributed by atoms with Crippen LogP contribution in [0.15, 0.2) is 36.9 Å². The molecule has 0 aliphatic rings. The van der Waals surface area contributed by atoms with E-state index in [1.54, 1.807) is 36.9 Å². The molecule has 0 aliphatic heterocycles. The second kappa shape index (κ2) is 6.44. The van der Waals surface area contributed by atoms with Gasteiger partial charge >= 0.3 is 0 Å². The first-order chi connectivity index (χ1) is 9.29. The first-order valence-electron chi connectivity index (χ1n) is 6.07. The van der Waals surface area contributed by atoms with E-state index < -0.39 is 0 Å². The first-order valence-corrected chi connectivity index (χ1v) is 6.07. The van der Waals surface area contributed by atoms with Crippen LogP contribution in [0.25, 0.3) is 0 Å². The van der Waals surface area contributed by atoms with Gasteiger partial charge in [0.25, 0.3) is 5.91 Å². The fourth-order valence-electron chi connectivity index (χ4n) is 1.48. The standard InChI is InChI=1S/C13H15N5O/c1-2-4-17-13(19)10-3-5-15-11(8-10)18-12-9-14-6-7-16-12/h3,5-9H,2,4H2,1H3,(H,17,19)(H,15,16,18). The number of nitrogens with zero attached hydrogens (tertiary/aromatic N) is 3. The number of carbonyl (C=O) groups excluding carboxylic acids is 1. The Morgan fingerprint density at radius 1 is 1.21 bits per heavy atom. The molecular formula is C13H15N5O. The van der Waals surface area contributed by atoms with Crippen molar-refractivity contribution in [3.8, 4) is 0 Å². The van der Waals surface area contributed by atoms with Gasteiger partial charge in [-0.3, -0.25) is 9.78 Å². The average molecular weight is 257 g/mol. The second-order valence-corrected chi connectivity index (χ2v) is 3.90. The molecule has 0 saturated carbocycles. The molecule has 2 N–H and O–H groups in total. The van der Waals surface area contributed by atoms with Crippen LogP contribution in [0.5, 0.6) is 0 Å². The van der Waals surface area contributed by atoms with E-state index >= 15 is 0 Å². The number of aromatic nitrogens is 3. The molecule has 2 aromatic heterocycles. The Labute approximate surface area is 111 Å². The molecule has 6 heteroatoms. The van der Waals surface area contributed by atoms with Crippen molar-refractivity contribution >= 4 is 17.5 Å². The maximum Gasteiger partial charge on any atom is 0.251 e. The van der Waals surface area contributed by atoms with Crippen molar-refractivity contribution in [2.75, 3.05) is 11.9 Å². The van der Waals surface area contributed by atoms with Crippen molar-refractivity contribution < 1.29 is 4.79 Å². The number of hydrogen-bond donors (Lipinski definition) is 2. The zero-order chi connectivity index (χ0) is 13.5. The molecule has 2 rings (SSSR count). The molecule has 0 saturated heterocycles. The smallest absolute Gasteiger partial charge is 0.251 e. The summed E-state index contributed by atoms with van der Waals surface area (Å²) in [4.78, 5) is 24.0. The topological polar surface area (TPSA) is 79.8 Å². The molecular weight excluding hydrogens is 242 g/mol. The van der Waals surface area contributed by atoms with E-state index in [0.29, 0.717) is 23.7 Å². The van der Waals surface area contributed by atoms with E-state index in [1.807, 2.05) is 6.92 Å². The van der Waals surface area contributed by atoms with Crippen LogP contribution in [0.4, 0.5) is 11.6 Å². The molecule has 0 spiro atoms. The van der Waals surface area contributed by atoms with E-state index in [0.717, 1.165) is 6.42 Å². The highest BCUT2D eigenvalue weighted by atomic mass is 16.1. The third-order valence-electron chi connectivity index (χ3n) is 2.38. The normalized spacial score (nSPS) is 9.95. The number of rotatable bonds is 5. The predicted octanol–water partition coefficient (Wildman–Crippen LogP) is 1.75. The Hall–Kier alpha value is -2.50. The summed E-state index contributed by atoms with van der Waals surface area (Å²) in [5, 5.41) is 5.81. The lowest BCUT2D eigenvalue weighted by molar-refractivity contribution is 0.0953. The monoisotopic (exact) mass is 257 g/mol. The number of pyridine rings is 1. The van der Waals surface area contributed by atoms with Crippen LogP contribution in [0.1, 0.15) is 23.7 Å². The van der Waals surface area contributed by atoms with Crippen LogP contribution in [0.2, 0.25) is 0 Å². The van der Waals surface area contributed by atoms with Gasteiger partial charge < -0.3 is 10.6 Å². The van der Waals surface area contributed by atoms with Crippen LogP contribution in [0.3, 0.4) is 0 Å². The Kier molecular flexibility index (Phi) is 4.39. The van der Waals surface area contributed by atoms with Gasteiger partial charge in [-0.15, -0.1) is 0 Å². The van der Waals surface area contributed by atoms with E-state index in [9.17, 15) is 4.79 Å². The van der Waals surface area contributed by atoms with Gasteiger partial charge in [0.05, 0.1) is 6.20 Å². The van der Waals surface area contributed by atoms with Crippen LogP contribution < -0.4 is 10.6 Å². The van der Waals surface area contributed by atoms with Gasteiger partial charge in [0, 0.05) is 30.7 Å². The maximum absolute atomic E-state index is 11.8. The molecule has 0 aromatic carbocycles. The van der Waals surface area contributed by atoms with E-state index in [1.165, 1.54) is 0 Å². The SMILES string of the molecule is CCCNC(=O)c1ccnc(Nc2cnccn2)c1. The summed E-state index contributed by atoms with van der Waals surface area (Å²) in [7, 11) is 0. The molecule has 19 heavy (non-hydrogen) atoms. The number of hydrogen-bond acceptors (Lipinski definition) is 5. The van der Waals surface area contributed by atoms with Crippen LogP contribution in [-0.2, 0) is 0 Å². The molecule has 0 fully saturated rings. The van der Waals surface area contributed by atoms with Crippen molar-refractivity contribution in [2.45, 2.75) is 13.3 Å². The molecule has 0 atom stereocenters. The summed E-state index contributed by atoms with van der Waals surface area (Å²) in [6.07, 6.45) is 7.25. The Balaban J connectivity index is 2.09. The molecule has 98 valence electrons. The number of nitrogens with one attached hydrogen (secondary N) is 2. The summed E-state index contributed by atoms with van der Waals surface area (Å²) in [5.41, 5.74) is 0.565. The molecule has 2 aromatic rings. The van der Waals surface area contributed by atoms with E-state index in [2.05, 4.69) is 25.6 Å². The van der Waals surface area contributed by atoms with Crippen LogP contribution >= 0.6 is 0 Å². The molecule has 6 nitrogen and oxygen atoms in total. The number of carbonyl (C=O) groups is 1. The first kappa shape index (κ1) is 12.9. The highest BCUT2D eigenvalue weighted by Crippen LogP contribution is 2.11. The molecule has 0 bridgehead atoms. The molecule has 0 radical (unpaired) electrons. The predicted molar refractivity (Wildman–Crippen MR) is 72.2 cm³/mol. The Bertz CT molecular complexity index is 544. The Morgan fingerprint density at radius 3 is 2.79 bits per heavy atom. The number of amides is 1. The minimum Gasteiger partial charge on any atom is -0.352 e. The summed E-state index contributed by atoms with van der Waals surface area (Å²) in [6.45, 7) is 2.67. The summed E-state index contributed by atoms with van der Waals surface area (Å²) in [5.74, 6) is 1.04. The zero-order valence-corrected chi connectivity index (χ0v) is 10.6. The summed E-state index contributed by atoms with van der Waals surface area (Å²) >= 11 is 0. The van der Waals surface area contributed by atoms with Crippen LogP contribution in [0, 0.1) is 0 Å². The van der Waals surface area contributed by atoms with Crippen molar-refractivity contribution in [2.24, 2.45) is 0 Å². The van der Waals surface area contributed by atoms with Gasteiger partial charge in [0.15, 0.2) is 0 Å². The average Bonchev–Trinajstić information content (AvgIpc) is 2.46. The summed E-state index contributed by atoms with van der Waals surface area (Å²) in [6, 6.07) is 3.35. The van der Waals surface area contributed by atoms with Gasteiger partial charge in [-0.25, -0.2) is 9.97 Å². The number of anilines is 2.